The first kappa shape index (κ1) is 31.7. The van der Waals surface area contributed by atoms with E-state index >= 15 is 0 Å². The Hall–Kier alpha value is -1.73. The summed E-state index contributed by atoms with van der Waals surface area (Å²) in [4.78, 5) is 18.1. The average molecular weight is 625 g/mol. The number of ether oxygens (including phenoxy) is 1. The van der Waals surface area contributed by atoms with Gasteiger partial charge < -0.3 is 15.0 Å². The summed E-state index contributed by atoms with van der Waals surface area (Å²) in [5, 5.41) is 3.29. The Balaban J connectivity index is 1.32. The molecule has 2 heterocycles. The normalized spacial score (nSPS) is 29.5. The fraction of sp³-hybridized carbons (Fsp3) is 0.767. The number of anilines is 1. The summed E-state index contributed by atoms with van der Waals surface area (Å²) in [7, 11) is -6.83. The molecule has 5 rings (SSSR count). The minimum Gasteiger partial charge on any atom is -0.379 e. The molecule has 1 aromatic carbocycles. The van der Waals surface area contributed by atoms with Gasteiger partial charge in [-0.1, -0.05) is 32.0 Å². The highest BCUT2D eigenvalue weighted by molar-refractivity contribution is 7.90. The van der Waals surface area contributed by atoms with Crippen LogP contribution in [0.3, 0.4) is 0 Å². The SMILES string of the molecule is Cc1ccccc1N1CCN(S(=O)(=O)CC23CCC(CC2NC(=O)[C@H](CCS(C)(=O)=O)N2CCOCC2)C3(C)C)CC1. The van der Waals surface area contributed by atoms with E-state index in [1.807, 2.05) is 17.0 Å². The number of nitrogens with one attached hydrogen (secondary N) is 1. The Morgan fingerprint density at radius 2 is 1.71 bits per heavy atom. The van der Waals surface area contributed by atoms with Crippen molar-refractivity contribution in [2.24, 2.45) is 16.7 Å². The number of piperazine rings is 1. The molecule has 2 saturated heterocycles. The zero-order chi connectivity index (χ0) is 30.3. The number of carbonyl (C=O) groups is 1. The third-order valence-electron chi connectivity index (χ3n) is 10.8. The summed E-state index contributed by atoms with van der Waals surface area (Å²) in [6.45, 7) is 10.7. The van der Waals surface area contributed by atoms with Crippen molar-refractivity contribution in [1.29, 1.82) is 0 Å². The summed E-state index contributed by atoms with van der Waals surface area (Å²) in [6, 6.07) is 7.34. The number of carbonyl (C=O) groups excluding carboxylic acids is 1. The third kappa shape index (κ3) is 6.24. The van der Waals surface area contributed by atoms with E-state index in [1.54, 1.807) is 4.31 Å². The van der Waals surface area contributed by atoms with Crippen LogP contribution in [0.25, 0.3) is 0 Å². The van der Waals surface area contributed by atoms with Crippen LogP contribution < -0.4 is 10.2 Å². The molecule has 2 aliphatic carbocycles. The van der Waals surface area contributed by atoms with Crippen LogP contribution >= 0.6 is 0 Å². The van der Waals surface area contributed by atoms with Crippen LogP contribution in [0.1, 0.15) is 45.1 Å². The number of hydrogen-bond donors (Lipinski definition) is 1. The number of morpholine rings is 1. The first-order valence-corrected chi connectivity index (χ1v) is 19.0. The molecule has 1 aromatic rings. The molecule has 0 spiro atoms. The van der Waals surface area contributed by atoms with Crippen LogP contribution in [0, 0.1) is 23.7 Å². The summed E-state index contributed by atoms with van der Waals surface area (Å²) >= 11 is 0. The number of amides is 1. The predicted molar refractivity (Wildman–Crippen MR) is 165 cm³/mol. The van der Waals surface area contributed by atoms with Crippen LogP contribution in [0.2, 0.25) is 0 Å². The van der Waals surface area contributed by atoms with Crippen LogP contribution in [-0.2, 0) is 29.4 Å². The van der Waals surface area contributed by atoms with E-state index in [0.29, 0.717) is 58.4 Å². The minimum absolute atomic E-state index is 0.0182. The molecule has 1 N–H and O–H groups in total. The number of hydrogen-bond acceptors (Lipinski definition) is 8. The van der Waals surface area contributed by atoms with Crippen molar-refractivity contribution in [2.45, 2.75) is 58.5 Å². The second-order valence-corrected chi connectivity index (χ2v) is 17.7. The van der Waals surface area contributed by atoms with Crippen LogP contribution in [0.4, 0.5) is 5.69 Å². The Morgan fingerprint density at radius 3 is 2.33 bits per heavy atom. The van der Waals surface area contributed by atoms with E-state index in [4.69, 9.17) is 4.74 Å². The van der Waals surface area contributed by atoms with Crippen molar-refractivity contribution in [3.63, 3.8) is 0 Å². The van der Waals surface area contributed by atoms with E-state index in [1.165, 1.54) is 11.8 Å². The van der Waals surface area contributed by atoms with Gasteiger partial charge in [0.05, 0.1) is 30.8 Å². The molecule has 1 amide bonds. The number of rotatable bonds is 10. The summed E-state index contributed by atoms with van der Waals surface area (Å²) in [6.07, 6.45) is 3.86. The standard InChI is InChI=1S/C30H48N4O6S2/c1-23-7-5-6-8-25(23)32-12-14-34(15-13-32)42(38,39)22-30-11-9-24(29(30,2)3)21-27(30)31-28(35)26(10-20-41(4,36)37)33-16-18-40-19-17-33/h5-8,24,26-27H,9-22H2,1-4H3,(H,31,35)/t24?,26-,27?,30?/m0/s1. The van der Waals surface area contributed by atoms with Crippen molar-refractivity contribution < 1.29 is 26.4 Å². The lowest BCUT2D eigenvalue weighted by molar-refractivity contribution is -0.130. The number of sulfonamides is 1. The zero-order valence-corrected chi connectivity index (χ0v) is 27.2. The minimum atomic E-state index is -3.59. The van der Waals surface area contributed by atoms with Gasteiger partial charge in [-0.25, -0.2) is 16.8 Å². The molecule has 236 valence electrons. The lowest BCUT2D eigenvalue weighted by atomic mass is 9.69. The maximum Gasteiger partial charge on any atom is 0.237 e. The van der Waals surface area contributed by atoms with Gasteiger partial charge in [0, 0.05) is 62.7 Å². The maximum absolute atomic E-state index is 14.1. The topological polar surface area (TPSA) is 116 Å². The molecule has 2 saturated carbocycles. The van der Waals surface area contributed by atoms with E-state index in [9.17, 15) is 21.6 Å². The summed E-state index contributed by atoms with van der Waals surface area (Å²) in [5.74, 6) is 0.0749. The molecular weight excluding hydrogens is 576 g/mol. The highest BCUT2D eigenvalue weighted by Gasteiger charge is 2.66. The lowest BCUT2D eigenvalue weighted by Crippen LogP contribution is -2.59. The fourth-order valence-corrected chi connectivity index (χ4v) is 11.0. The molecule has 3 unspecified atom stereocenters. The Bertz CT molecular complexity index is 1350. The number of nitrogens with zero attached hydrogens (tertiary/aromatic N) is 3. The molecule has 10 nitrogen and oxygen atoms in total. The van der Waals surface area contributed by atoms with E-state index < -0.39 is 31.3 Å². The second-order valence-electron chi connectivity index (χ2n) is 13.4. The lowest BCUT2D eigenvalue weighted by Gasteiger charge is -2.45. The van der Waals surface area contributed by atoms with Crippen molar-refractivity contribution in [3.8, 4) is 0 Å². The van der Waals surface area contributed by atoms with Gasteiger partial charge in [0.25, 0.3) is 0 Å². The van der Waals surface area contributed by atoms with Crippen molar-refractivity contribution in [1.82, 2.24) is 14.5 Å². The summed E-state index contributed by atoms with van der Waals surface area (Å²) in [5.41, 5.74) is 1.51. The molecule has 4 fully saturated rings. The zero-order valence-electron chi connectivity index (χ0n) is 25.5. The third-order valence-corrected chi connectivity index (χ3v) is 13.8. The van der Waals surface area contributed by atoms with Crippen molar-refractivity contribution in [2.75, 3.05) is 75.1 Å². The molecule has 42 heavy (non-hydrogen) atoms. The quantitative estimate of drug-likeness (QED) is 0.420. The number of fused-ring (bicyclic) bond motifs is 2. The molecule has 12 heteroatoms. The van der Waals surface area contributed by atoms with Gasteiger partial charge in [-0.15, -0.1) is 0 Å². The molecule has 4 aliphatic rings. The fourth-order valence-electron chi connectivity index (χ4n) is 8.13. The van der Waals surface area contributed by atoms with Crippen LogP contribution in [0.15, 0.2) is 24.3 Å². The molecule has 0 radical (unpaired) electrons. The Kier molecular flexibility index (Phi) is 9.04. The van der Waals surface area contributed by atoms with Gasteiger partial charge in [0.2, 0.25) is 15.9 Å². The summed E-state index contributed by atoms with van der Waals surface area (Å²) < 4.78 is 59.2. The Morgan fingerprint density at radius 1 is 1.05 bits per heavy atom. The van der Waals surface area contributed by atoms with Crippen LogP contribution in [0.5, 0.6) is 0 Å². The number of para-hydroxylation sites is 1. The number of sulfone groups is 1. The second kappa shape index (κ2) is 12.0. The highest BCUT2D eigenvalue weighted by Crippen LogP contribution is 2.66. The maximum atomic E-state index is 14.1. The van der Waals surface area contributed by atoms with Crippen molar-refractivity contribution >= 4 is 31.5 Å². The number of benzene rings is 1. The predicted octanol–water partition coefficient (Wildman–Crippen LogP) is 1.89. The van der Waals surface area contributed by atoms with Crippen LogP contribution in [-0.4, -0.2) is 114 Å². The van der Waals surface area contributed by atoms with Gasteiger partial charge in [-0.05, 0) is 55.6 Å². The largest absolute Gasteiger partial charge is 0.379 e. The Labute approximate surface area is 252 Å². The average Bonchev–Trinajstić information content (AvgIpc) is 3.28. The van der Waals surface area contributed by atoms with Gasteiger partial charge in [0.1, 0.15) is 9.84 Å². The molecule has 4 atom stereocenters. The van der Waals surface area contributed by atoms with E-state index in [2.05, 4.69) is 43.1 Å². The van der Waals surface area contributed by atoms with Crippen molar-refractivity contribution in [3.05, 3.63) is 29.8 Å². The monoisotopic (exact) mass is 624 g/mol. The van der Waals surface area contributed by atoms with Gasteiger partial charge >= 0.3 is 0 Å². The molecule has 0 aromatic heterocycles. The molecular formula is C30H48N4O6S2. The van der Waals surface area contributed by atoms with E-state index in [-0.39, 0.29) is 35.3 Å². The first-order valence-electron chi connectivity index (χ1n) is 15.3. The smallest absolute Gasteiger partial charge is 0.237 e. The van der Waals surface area contributed by atoms with Gasteiger partial charge in [-0.3, -0.25) is 9.69 Å². The molecule has 2 aliphatic heterocycles. The highest BCUT2D eigenvalue weighted by atomic mass is 32.2. The van der Waals surface area contributed by atoms with Gasteiger partial charge in [-0.2, -0.15) is 4.31 Å². The van der Waals surface area contributed by atoms with E-state index in [0.717, 1.165) is 24.9 Å². The van der Waals surface area contributed by atoms with Gasteiger partial charge in [0.15, 0.2) is 0 Å². The molecule has 2 bridgehead atoms. The first-order chi connectivity index (χ1) is 19.7. The number of aryl methyl sites for hydroxylation is 1.